The quantitative estimate of drug-likeness (QED) is 0.294. The van der Waals surface area contributed by atoms with Crippen molar-refractivity contribution in [2.45, 2.75) is 32.3 Å². The van der Waals surface area contributed by atoms with Crippen LogP contribution in [0, 0.1) is 6.92 Å². The van der Waals surface area contributed by atoms with Crippen LogP contribution in [0.1, 0.15) is 51.0 Å². The molecule has 0 saturated heterocycles. The van der Waals surface area contributed by atoms with Gasteiger partial charge in [0.25, 0.3) is 11.8 Å². The Labute approximate surface area is 209 Å². The molecule has 0 spiro atoms. The first kappa shape index (κ1) is 25.6. The molecule has 2 atom stereocenters. The molecule has 0 aromatic carbocycles. The Bertz CT molecular complexity index is 1400. The van der Waals surface area contributed by atoms with Gasteiger partial charge in [0, 0.05) is 13.1 Å². The second-order valence-electron chi connectivity index (χ2n) is 7.31. The van der Waals surface area contributed by atoms with Crippen LogP contribution in [0.15, 0.2) is 35.3 Å². The molecule has 1 unspecified atom stereocenters. The van der Waals surface area contributed by atoms with Gasteiger partial charge >= 0.3 is 6.18 Å². The van der Waals surface area contributed by atoms with Gasteiger partial charge in [0.2, 0.25) is 5.89 Å². The van der Waals surface area contributed by atoms with Crippen LogP contribution in [-0.2, 0) is 6.18 Å². The van der Waals surface area contributed by atoms with Crippen molar-refractivity contribution >= 4 is 34.7 Å². The first-order valence-electron chi connectivity index (χ1n) is 10.1. The lowest BCUT2D eigenvalue weighted by Gasteiger charge is -2.17. The zero-order valence-electron chi connectivity index (χ0n) is 18.4. The standard InChI is InChI=1S/C20H16ClF3N8O3S/c1-8(29-16(33)12-4-13(28-7-27-12)18-32-31-9(2)35-18)19-26-6-14(36-19)17(34)30-15-3-10(20(22,23)24)11(21)5-25-15/h3-8,16,29,33H,1-2H3,(H,25,30,34)/t8-,16?/m1/s1. The first-order valence-corrected chi connectivity index (χ1v) is 11.3. The number of carbonyl (C=O) groups is 1. The van der Waals surface area contributed by atoms with Crippen molar-refractivity contribution in [3.05, 3.63) is 62.9 Å². The number of pyridine rings is 1. The van der Waals surface area contributed by atoms with Gasteiger partial charge in [0.1, 0.15) is 34.0 Å². The highest BCUT2D eigenvalue weighted by Crippen LogP contribution is 2.35. The van der Waals surface area contributed by atoms with Crippen molar-refractivity contribution in [1.82, 2.24) is 35.5 Å². The summed E-state index contributed by atoms with van der Waals surface area (Å²) in [5.74, 6) is -0.493. The van der Waals surface area contributed by atoms with E-state index in [1.165, 1.54) is 18.6 Å². The predicted molar refractivity (Wildman–Crippen MR) is 121 cm³/mol. The number of thiazole rings is 1. The molecule has 4 aromatic rings. The molecular weight excluding hydrogens is 525 g/mol. The largest absolute Gasteiger partial charge is 0.420 e. The lowest BCUT2D eigenvalue weighted by Crippen LogP contribution is -2.25. The minimum atomic E-state index is -4.70. The number of aromatic nitrogens is 6. The highest BCUT2D eigenvalue weighted by molar-refractivity contribution is 7.13. The molecule has 188 valence electrons. The van der Waals surface area contributed by atoms with E-state index in [9.17, 15) is 23.1 Å². The molecule has 0 fully saturated rings. The van der Waals surface area contributed by atoms with Crippen LogP contribution in [0.3, 0.4) is 0 Å². The number of carbonyl (C=O) groups excluding carboxylic acids is 1. The van der Waals surface area contributed by atoms with E-state index in [0.717, 1.165) is 17.5 Å². The zero-order valence-corrected chi connectivity index (χ0v) is 20.0. The number of nitrogens with zero attached hydrogens (tertiary/aromatic N) is 6. The number of rotatable bonds is 7. The number of aryl methyl sites for hydroxylation is 1. The van der Waals surface area contributed by atoms with Gasteiger partial charge in [-0.25, -0.2) is 19.9 Å². The Morgan fingerprint density at radius 1 is 1.17 bits per heavy atom. The van der Waals surface area contributed by atoms with E-state index in [-0.39, 0.29) is 22.3 Å². The van der Waals surface area contributed by atoms with Crippen molar-refractivity contribution < 1.29 is 27.5 Å². The topological polar surface area (TPSA) is 152 Å². The van der Waals surface area contributed by atoms with E-state index >= 15 is 0 Å². The fourth-order valence-corrected chi connectivity index (χ4v) is 3.96. The van der Waals surface area contributed by atoms with Crippen molar-refractivity contribution in [3.8, 4) is 11.6 Å². The smallest absolute Gasteiger partial charge is 0.418 e. The molecule has 11 nitrogen and oxygen atoms in total. The molecule has 0 aliphatic carbocycles. The summed E-state index contributed by atoms with van der Waals surface area (Å²) in [5, 5.41) is 23.2. The summed E-state index contributed by atoms with van der Waals surface area (Å²) in [7, 11) is 0. The van der Waals surface area contributed by atoms with Crippen molar-refractivity contribution in [2.24, 2.45) is 0 Å². The fourth-order valence-electron chi connectivity index (χ4n) is 2.93. The third-order valence-corrected chi connectivity index (χ3v) is 6.12. The van der Waals surface area contributed by atoms with Crippen LogP contribution in [-0.4, -0.2) is 41.1 Å². The molecule has 0 aliphatic heterocycles. The van der Waals surface area contributed by atoms with E-state index < -0.39 is 34.9 Å². The summed E-state index contributed by atoms with van der Waals surface area (Å²) in [6.07, 6.45) is -2.62. The number of anilines is 1. The second kappa shape index (κ2) is 10.2. The average Bonchev–Trinajstić information content (AvgIpc) is 3.49. The van der Waals surface area contributed by atoms with Crippen molar-refractivity contribution in [3.63, 3.8) is 0 Å². The molecule has 4 heterocycles. The number of aliphatic hydroxyl groups is 1. The highest BCUT2D eigenvalue weighted by Gasteiger charge is 2.34. The normalized spacial score (nSPS) is 13.4. The molecule has 3 N–H and O–H groups in total. The van der Waals surface area contributed by atoms with Crippen LogP contribution < -0.4 is 10.6 Å². The SMILES string of the molecule is Cc1nnc(-c2cc(C(O)N[C@H](C)c3ncc(C(=O)Nc4cc(C(F)(F)F)c(Cl)cn4)s3)ncn2)o1. The third-order valence-electron chi connectivity index (χ3n) is 4.64. The minimum absolute atomic E-state index is 0.120. The molecule has 0 aliphatic rings. The van der Waals surface area contributed by atoms with Gasteiger partial charge in [-0.15, -0.1) is 21.5 Å². The van der Waals surface area contributed by atoms with Crippen LogP contribution in [0.4, 0.5) is 19.0 Å². The van der Waals surface area contributed by atoms with Gasteiger partial charge in [-0.2, -0.15) is 13.2 Å². The molecular formula is C20H16ClF3N8O3S. The van der Waals surface area contributed by atoms with Gasteiger partial charge < -0.3 is 14.8 Å². The summed E-state index contributed by atoms with van der Waals surface area (Å²) in [6, 6.07) is 1.60. The van der Waals surface area contributed by atoms with E-state index in [1.807, 2.05) is 0 Å². The molecule has 36 heavy (non-hydrogen) atoms. The Morgan fingerprint density at radius 3 is 2.64 bits per heavy atom. The monoisotopic (exact) mass is 540 g/mol. The summed E-state index contributed by atoms with van der Waals surface area (Å²) >= 11 is 6.53. The maximum atomic E-state index is 13.0. The summed E-state index contributed by atoms with van der Waals surface area (Å²) in [6.45, 7) is 3.33. The number of aliphatic hydroxyl groups excluding tert-OH is 1. The van der Waals surface area contributed by atoms with Crippen molar-refractivity contribution in [1.29, 1.82) is 0 Å². The maximum absolute atomic E-state index is 13.0. The van der Waals surface area contributed by atoms with Crippen molar-refractivity contribution in [2.75, 3.05) is 5.32 Å². The number of alkyl halides is 3. The molecule has 0 bridgehead atoms. The predicted octanol–water partition coefficient (Wildman–Crippen LogP) is 3.95. The molecule has 1 amide bonds. The van der Waals surface area contributed by atoms with Crippen LogP contribution in [0.5, 0.6) is 0 Å². The number of hydrogen-bond acceptors (Lipinski definition) is 11. The Balaban J connectivity index is 1.42. The summed E-state index contributed by atoms with van der Waals surface area (Å²) < 4.78 is 44.4. The van der Waals surface area contributed by atoms with Gasteiger partial charge in [-0.05, 0) is 19.1 Å². The number of amides is 1. The van der Waals surface area contributed by atoms with Crippen LogP contribution >= 0.6 is 22.9 Å². The zero-order chi connectivity index (χ0) is 26.0. The van der Waals surface area contributed by atoms with Gasteiger partial charge in [0.05, 0.1) is 28.5 Å². The fraction of sp³-hybridized carbons (Fsp3) is 0.250. The van der Waals surface area contributed by atoms with E-state index in [1.54, 1.807) is 13.8 Å². The minimum Gasteiger partial charge on any atom is -0.420 e. The van der Waals surface area contributed by atoms with E-state index in [0.29, 0.717) is 22.7 Å². The lowest BCUT2D eigenvalue weighted by atomic mass is 10.2. The Morgan fingerprint density at radius 2 is 1.94 bits per heavy atom. The third kappa shape index (κ3) is 5.81. The second-order valence-corrected chi connectivity index (χ2v) is 8.78. The van der Waals surface area contributed by atoms with Gasteiger partial charge in [-0.1, -0.05) is 11.6 Å². The summed E-state index contributed by atoms with van der Waals surface area (Å²) in [4.78, 5) is 28.6. The molecule has 4 aromatic heterocycles. The Kier molecular flexibility index (Phi) is 7.26. The molecule has 0 radical (unpaired) electrons. The number of hydrogen-bond donors (Lipinski definition) is 3. The van der Waals surface area contributed by atoms with Crippen LogP contribution in [0.2, 0.25) is 5.02 Å². The summed E-state index contributed by atoms with van der Waals surface area (Å²) in [5.41, 5.74) is -0.563. The molecule has 16 heteroatoms. The van der Waals surface area contributed by atoms with Gasteiger partial charge in [-0.3, -0.25) is 10.1 Å². The number of halogens is 4. The maximum Gasteiger partial charge on any atom is 0.418 e. The number of nitrogens with one attached hydrogen (secondary N) is 2. The molecule has 0 saturated carbocycles. The van der Waals surface area contributed by atoms with Crippen LogP contribution in [0.25, 0.3) is 11.6 Å². The Hall–Kier alpha value is -3.53. The van der Waals surface area contributed by atoms with E-state index in [4.69, 9.17) is 16.0 Å². The first-order chi connectivity index (χ1) is 17.0. The molecule has 4 rings (SSSR count). The highest BCUT2D eigenvalue weighted by atomic mass is 35.5. The average molecular weight is 541 g/mol. The van der Waals surface area contributed by atoms with Gasteiger partial charge in [0.15, 0.2) is 0 Å². The lowest BCUT2D eigenvalue weighted by molar-refractivity contribution is -0.137. The van der Waals surface area contributed by atoms with E-state index in [2.05, 4.69) is 40.8 Å².